The molecule has 1 nitrogen and oxygen atoms in total. The highest BCUT2D eigenvalue weighted by Gasteiger charge is 2.23. The van der Waals surface area contributed by atoms with E-state index in [9.17, 15) is 8.78 Å². The zero-order chi connectivity index (χ0) is 5.98. The fourth-order valence-corrected chi connectivity index (χ4v) is 0.444. The molecule has 0 aromatic rings. The van der Waals surface area contributed by atoms with E-state index in [2.05, 4.69) is 4.74 Å². The van der Waals surface area contributed by atoms with Gasteiger partial charge in [0.1, 0.15) is 6.61 Å². The first kappa shape index (κ1) is 5.95. The third-order valence-corrected chi connectivity index (χ3v) is 0.982. The molecule has 0 atom stereocenters. The number of alkyl halides is 2. The van der Waals surface area contributed by atoms with E-state index in [-0.39, 0.29) is 12.7 Å². The third-order valence-electron chi connectivity index (χ3n) is 0.982. The minimum atomic E-state index is -2.30. The van der Waals surface area contributed by atoms with Gasteiger partial charge in [0, 0.05) is 0 Å². The van der Waals surface area contributed by atoms with Gasteiger partial charge in [0.2, 0.25) is 0 Å². The minimum Gasteiger partial charge on any atom is -0.372 e. The molecule has 0 N–H and O–H groups in total. The van der Waals surface area contributed by atoms with Crippen molar-refractivity contribution < 1.29 is 13.5 Å². The Bertz CT molecular complexity index is 68.8. The van der Waals surface area contributed by atoms with Crippen molar-refractivity contribution in [2.24, 2.45) is 0 Å². The predicted molar refractivity (Wildman–Crippen MR) is 25.0 cm³/mol. The molecule has 3 heteroatoms. The predicted octanol–water partition coefficient (Wildman–Crippen LogP) is 1.43. The topological polar surface area (TPSA) is 9.23 Å². The molecule has 48 valence electrons. The number of hydrogen-bond acceptors (Lipinski definition) is 1. The van der Waals surface area contributed by atoms with Gasteiger partial charge in [0.15, 0.2) is 0 Å². The van der Waals surface area contributed by atoms with E-state index in [0.29, 0.717) is 0 Å². The van der Waals surface area contributed by atoms with E-state index in [1.165, 1.54) is 0 Å². The van der Waals surface area contributed by atoms with Crippen molar-refractivity contribution in [3.63, 3.8) is 0 Å². The summed E-state index contributed by atoms with van der Waals surface area (Å²) in [5.74, 6) is 0. The largest absolute Gasteiger partial charge is 0.372 e. The summed E-state index contributed by atoms with van der Waals surface area (Å²) in [6, 6.07) is 0. The molecule has 1 aliphatic carbocycles. The van der Waals surface area contributed by atoms with Gasteiger partial charge in [-0.2, -0.15) is 0 Å². The Labute approximate surface area is 46.6 Å². The molecule has 1 aliphatic rings. The average molecular weight is 122 g/mol. The van der Waals surface area contributed by atoms with E-state index >= 15 is 0 Å². The Hall–Kier alpha value is -0.180. The summed E-state index contributed by atoms with van der Waals surface area (Å²) in [6.07, 6.45) is -0.209. The molecule has 0 aliphatic heterocycles. The maximum absolute atomic E-state index is 11.3. The molecule has 1 saturated carbocycles. The highest BCUT2D eigenvalue weighted by atomic mass is 19.3. The van der Waals surface area contributed by atoms with Gasteiger partial charge in [-0.1, -0.05) is 0 Å². The summed E-state index contributed by atoms with van der Waals surface area (Å²) in [5.41, 5.74) is 0. The van der Waals surface area contributed by atoms with Crippen LogP contribution in [-0.4, -0.2) is 19.1 Å². The Morgan fingerprint density at radius 2 is 2.12 bits per heavy atom. The van der Waals surface area contributed by atoms with Gasteiger partial charge in [0.25, 0.3) is 6.43 Å². The number of halogens is 2. The van der Waals surface area contributed by atoms with Crippen LogP contribution in [0.2, 0.25) is 0 Å². The van der Waals surface area contributed by atoms with Crippen LogP contribution in [0.4, 0.5) is 8.78 Å². The molecule has 0 radical (unpaired) electrons. The lowest BCUT2D eigenvalue weighted by Crippen LogP contribution is -2.04. The summed E-state index contributed by atoms with van der Waals surface area (Å²) in [6.45, 7) is -0.384. The summed E-state index contributed by atoms with van der Waals surface area (Å²) >= 11 is 0. The molecule has 0 aromatic heterocycles. The summed E-state index contributed by atoms with van der Waals surface area (Å²) in [5, 5.41) is 0. The van der Waals surface area contributed by atoms with Crippen molar-refractivity contribution in [2.45, 2.75) is 25.4 Å². The molecule has 1 fully saturated rings. The number of ether oxygens (including phenoxy) is 1. The maximum atomic E-state index is 11.3. The summed E-state index contributed by atoms with van der Waals surface area (Å²) in [7, 11) is 0. The maximum Gasteiger partial charge on any atom is 0.261 e. The second-order valence-corrected chi connectivity index (χ2v) is 1.92. The molecule has 0 amide bonds. The second kappa shape index (κ2) is 2.40. The fourth-order valence-electron chi connectivity index (χ4n) is 0.444. The first-order chi connectivity index (χ1) is 3.79. The first-order valence-corrected chi connectivity index (χ1v) is 2.69. The molecular formula is C5H8F2O. The van der Waals surface area contributed by atoms with Crippen molar-refractivity contribution in [3.05, 3.63) is 0 Å². The van der Waals surface area contributed by atoms with Gasteiger partial charge in [0.05, 0.1) is 6.10 Å². The van der Waals surface area contributed by atoms with Crippen molar-refractivity contribution in [1.82, 2.24) is 0 Å². The lowest BCUT2D eigenvalue weighted by molar-refractivity contribution is 0.00954. The van der Waals surface area contributed by atoms with Crippen LogP contribution < -0.4 is 0 Å². The zero-order valence-electron chi connectivity index (χ0n) is 4.44. The van der Waals surface area contributed by atoms with Crippen LogP contribution in [0.1, 0.15) is 12.8 Å². The third kappa shape index (κ3) is 2.21. The van der Waals surface area contributed by atoms with Crippen LogP contribution in [0, 0.1) is 0 Å². The first-order valence-electron chi connectivity index (χ1n) is 2.69. The quantitative estimate of drug-likeness (QED) is 0.550. The molecule has 0 aromatic carbocycles. The zero-order valence-corrected chi connectivity index (χ0v) is 4.44. The highest BCUT2D eigenvalue weighted by molar-refractivity contribution is 4.72. The molecule has 1 rings (SSSR count). The van der Waals surface area contributed by atoms with E-state index in [1.807, 2.05) is 0 Å². The average Bonchev–Trinajstić information content (AvgIpc) is 2.41. The van der Waals surface area contributed by atoms with Gasteiger partial charge in [-0.25, -0.2) is 8.78 Å². The van der Waals surface area contributed by atoms with Crippen LogP contribution in [0.3, 0.4) is 0 Å². The SMILES string of the molecule is FC(F)COC1CC1. The summed E-state index contributed by atoms with van der Waals surface area (Å²) < 4.78 is 27.3. The standard InChI is InChI=1S/C5H8F2O/c6-5(7)3-8-4-1-2-4/h4-5H,1-3H2. The molecule has 0 spiro atoms. The fraction of sp³-hybridized carbons (Fsp3) is 1.00. The van der Waals surface area contributed by atoms with Crippen molar-refractivity contribution in [3.8, 4) is 0 Å². The molecule has 0 saturated heterocycles. The molecule has 0 unspecified atom stereocenters. The van der Waals surface area contributed by atoms with Crippen LogP contribution in [0.25, 0.3) is 0 Å². The highest BCUT2D eigenvalue weighted by Crippen LogP contribution is 2.23. The van der Waals surface area contributed by atoms with Gasteiger partial charge in [-0.05, 0) is 12.8 Å². The smallest absolute Gasteiger partial charge is 0.261 e. The molecular weight excluding hydrogens is 114 g/mol. The lowest BCUT2D eigenvalue weighted by Gasteiger charge is -1.97. The van der Waals surface area contributed by atoms with Crippen LogP contribution in [0.5, 0.6) is 0 Å². The minimum absolute atomic E-state index is 0.156. The van der Waals surface area contributed by atoms with Crippen molar-refractivity contribution in [2.75, 3.05) is 6.61 Å². The molecule has 8 heavy (non-hydrogen) atoms. The van der Waals surface area contributed by atoms with Gasteiger partial charge < -0.3 is 4.74 Å². The van der Waals surface area contributed by atoms with Crippen molar-refractivity contribution in [1.29, 1.82) is 0 Å². The van der Waals surface area contributed by atoms with Crippen LogP contribution >= 0.6 is 0 Å². The summed E-state index contributed by atoms with van der Waals surface area (Å²) in [4.78, 5) is 0. The Kier molecular flexibility index (Phi) is 1.78. The lowest BCUT2D eigenvalue weighted by atomic mass is 10.7. The van der Waals surface area contributed by atoms with Gasteiger partial charge in [-0.3, -0.25) is 0 Å². The Morgan fingerprint density at radius 1 is 1.50 bits per heavy atom. The van der Waals surface area contributed by atoms with Crippen LogP contribution in [0.15, 0.2) is 0 Å². The van der Waals surface area contributed by atoms with Gasteiger partial charge >= 0.3 is 0 Å². The number of hydrogen-bond donors (Lipinski definition) is 0. The van der Waals surface area contributed by atoms with Crippen LogP contribution in [-0.2, 0) is 4.74 Å². The van der Waals surface area contributed by atoms with E-state index < -0.39 is 6.43 Å². The Morgan fingerprint density at radius 3 is 2.50 bits per heavy atom. The van der Waals surface area contributed by atoms with E-state index in [1.54, 1.807) is 0 Å². The monoisotopic (exact) mass is 122 g/mol. The Balaban J connectivity index is 1.87. The van der Waals surface area contributed by atoms with Gasteiger partial charge in [-0.15, -0.1) is 0 Å². The second-order valence-electron chi connectivity index (χ2n) is 1.92. The molecule has 0 bridgehead atoms. The van der Waals surface area contributed by atoms with Crippen molar-refractivity contribution >= 4 is 0 Å². The number of rotatable bonds is 3. The normalized spacial score (nSPS) is 19.9. The van der Waals surface area contributed by atoms with E-state index in [4.69, 9.17) is 0 Å². The molecule has 0 heterocycles. The van der Waals surface area contributed by atoms with E-state index in [0.717, 1.165) is 12.8 Å².